The molecule has 3 rings (SSSR count). The van der Waals surface area contributed by atoms with Crippen molar-refractivity contribution >= 4 is 28.4 Å². The minimum Gasteiger partial charge on any atom is -0.507 e. The first-order valence-corrected chi connectivity index (χ1v) is 8.46. The van der Waals surface area contributed by atoms with Gasteiger partial charge in [0, 0.05) is 36.6 Å². The maximum atomic E-state index is 10.3. The lowest BCUT2D eigenvalue weighted by molar-refractivity contribution is 0.474. The van der Waals surface area contributed by atoms with Crippen molar-refractivity contribution in [2.24, 2.45) is 4.99 Å². The third kappa shape index (κ3) is 3.58. The van der Waals surface area contributed by atoms with Crippen LogP contribution < -0.4 is 4.90 Å². The van der Waals surface area contributed by atoms with Gasteiger partial charge in [0.2, 0.25) is 0 Å². The molecule has 0 aliphatic rings. The summed E-state index contributed by atoms with van der Waals surface area (Å²) in [6.45, 7) is 5.93. The molecule has 0 spiro atoms. The van der Waals surface area contributed by atoms with Crippen molar-refractivity contribution < 1.29 is 10.2 Å². The van der Waals surface area contributed by atoms with Crippen LogP contribution >= 0.6 is 0 Å². The van der Waals surface area contributed by atoms with E-state index in [1.165, 1.54) is 0 Å². The first kappa shape index (κ1) is 16.8. The van der Waals surface area contributed by atoms with Gasteiger partial charge in [0.05, 0.1) is 0 Å². The fourth-order valence-electron chi connectivity index (χ4n) is 2.89. The van der Waals surface area contributed by atoms with Crippen LogP contribution in [0.2, 0.25) is 0 Å². The van der Waals surface area contributed by atoms with Crippen LogP contribution in [0.1, 0.15) is 19.4 Å². The molecule has 4 heteroatoms. The molecule has 128 valence electrons. The van der Waals surface area contributed by atoms with Crippen molar-refractivity contribution in [1.29, 1.82) is 0 Å². The highest BCUT2D eigenvalue weighted by Gasteiger charge is 2.06. The molecule has 0 atom stereocenters. The van der Waals surface area contributed by atoms with Crippen molar-refractivity contribution in [1.82, 2.24) is 0 Å². The minimum absolute atomic E-state index is 0.120. The van der Waals surface area contributed by atoms with Crippen LogP contribution in [0.4, 0.5) is 11.4 Å². The fourth-order valence-corrected chi connectivity index (χ4v) is 2.89. The van der Waals surface area contributed by atoms with Crippen LogP contribution in [0, 0.1) is 0 Å². The number of phenols is 2. The van der Waals surface area contributed by atoms with Gasteiger partial charge in [-0.2, -0.15) is 0 Å². The third-order valence-electron chi connectivity index (χ3n) is 4.33. The number of aromatic hydroxyl groups is 2. The van der Waals surface area contributed by atoms with Gasteiger partial charge < -0.3 is 15.1 Å². The van der Waals surface area contributed by atoms with Crippen LogP contribution in [0.3, 0.4) is 0 Å². The molecule has 2 N–H and O–H groups in total. The first-order valence-electron chi connectivity index (χ1n) is 8.46. The second-order valence-corrected chi connectivity index (χ2v) is 5.86. The maximum absolute atomic E-state index is 10.3. The highest BCUT2D eigenvalue weighted by molar-refractivity contribution is 5.91. The van der Waals surface area contributed by atoms with E-state index in [2.05, 4.69) is 23.7 Å². The standard InChI is InChI=1S/C21H22N2O2/c1-3-23(4-2)18-10-9-17(20(24)13-18)14-22-19-11-15-7-5-6-8-16(15)12-21(19)25/h5-14,24-25H,3-4H2,1-2H3. The Balaban J connectivity index is 1.90. The summed E-state index contributed by atoms with van der Waals surface area (Å²) in [5.74, 6) is 0.294. The summed E-state index contributed by atoms with van der Waals surface area (Å²) in [5, 5.41) is 22.4. The molecule has 0 radical (unpaired) electrons. The molecule has 0 saturated carbocycles. The van der Waals surface area contributed by atoms with Crippen LogP contribution in [0.15, 0.2) is 59.6 Å². The average Bonchev–Trinajstić information content (AvgIpc) is 2.62. The maximum Gasteiger partial charge on any atom is 0.141 e. The predicted molar refractivity (Wildman–Crippen MR) is 105 cm³/mol. The Morgan fingerprint density at radius 3 is 2.20 bits per heavy atom. The summed E-state index contributed by atoms with van der Waals surface area (Å²) in [6, 6.07) is 16.9. The van der Waals surface area contributed by atoms with Crippen LogP contribution in [-0.4, -0.2) is 29.5 Å². The molecule has 3 aromatic rings. The zero-order valence-corrected chi connectivity index (χ0v) is 14.5. The predicted octanol–water partition coefficient (Wildman–Crippen LogP) is 4.85. The lowest BCUT2D eigenvalue weighted by atomic mass is 10.1. The molecule has 0 fully saturated rings. The second-order valence-electron chi connectivity index (χ2n) is 5.86. The van der Waals surface area contributed by atoms with E-state index in [1.807, 2.05) is 42.5 Å². The molecule has 0 saturated heterocycles. The molecule has 0 aliphatic carbocycles. The lowest BCUT2D eigenvalue weighted by Gasteiger charge is -2.21. The molecular weight excluding hydrogens is 312 g/mol. The number of rotatable bonds is 5. The Bertz CT molecular complexity index is 915. The van der Waals surface area contributed by atoms with E-state index in [1.54, 1.807) is 18.3 Å². The molecule has 0 aliphatic heterocycles. The highest BCUT2D eigenvalue weighted by Crippen LogP contribution is 2.32. The number of anilines is 1. The van der Waals surface area contributed by atoms with E-state index >= 15 is 0 Å². The summed E-state index contributed by atoms with van der Waals surface area (Å²) in [6.07, 6.45) is 1.57. The number of hydrogen-bond donors (Lipinski definition) is 2. The molecule has 0 bridgehead atoms. The molecule has 3 aromatic carbocycles. The smallest absolute Gasteiger partial charge is 0.141 e. The van der Waals surface area contributed by atoms with E-state index in [-0.39, 0.29) is 11.5 Å². The van der Waals surface area contributed by atoms with Gasteiger partial charge in [-0.25, -0.2) is 0 Å². The van der Waals surface area contributed by atoms with Gasteiger partial charge in [0.1, 0.15) is 17.2 Å². The van der Waals surface area contributed by atoms with Gasteiger partial charge >= 0.3 is 0 Å². The van der Waals surface area contributed by atoms with E-state index in [0.717, 1.165) is 29.5 Å². The molecule has 4 nitrogen and oxygen atoms in total. The number of phenolic OH excluding ortho intramolecular Hbond substituents is 2. The monoisotopic (exact) mass is 334 g/mol. The van der Waals surface area contributed by atoms with E-state index < -0.39 is 0 Å². The number of benzene rings is 3. The van der Waals surface area contributed by atoms with E-state index in [9.17, 15) is 10.2 Å². The Morgan fingerprint density at radius 1 is 0.880 bits per heavy atom. The summed E-state index contributed by atoms with van der Waals surface area (Å²) >= 11 is 0. The van der Waals surface area contributed by atoms with Crippen molar-refractivity contribution in [2.45, 2.75) is 13.8 Å². The zero-order chi connectivity index (χ0) is 17.8. The summed E-state index contributed by atoms with van der Waals surface area (Å²) in [7, 11) is 0. The van der Waals surface area contributed by atoms with Crippen LogP contribution in [0.5, 0.6) is 11.5 Å². The zero-order valence-electron chi connectivity index (χ0n) is 14.5. The Morgan fingerprint density at radius 2 is 1.56 bits per heavy atom. The molecule has 0 aromatic heterocycles. The van der Waals surface area contributed by atoms with Crippen LogP contribution in [-0.2, 0) is 0 Å². The Hall–Kier alpha value is -3.01. The normalized spacial score (nSPS) is 11.3. The van der Waals surface area contributed by atoms with Gasteiger partial charge in [-0.15, -0.1) is 0 Å². The van der Waals surface area contributed by atoms with Crippen molar-refractivity contribution in [2.75, 3.05) is 18.0 Å². The third-order valence-corrected chi connectivity index (χ3v) is 4.33. The van der Waals surface area contributed by atoms with Gasteiger partial charge in [-0.3, -0.25) is 4.99 Å². The summed E-state index contributed by atoms with van der Waals surface area (Å²) in [4.78, 5) is 6.52. The molecule has 0 heterocycles. The average molecular weight is 334 g/mol. The van der Waals surface area contributed by atoms with Crippen molar-refractivity contribution in [3.8, 4) is 11.5 Å². The van der Waals surface area contributed by atoms with E-state index in [4.69, 9.17) is 0 Å². The topological polar surface area (TPSA) is 56.1 Å². The van der Waals surface area contributed by atoms with Crippen molar-refractivity contribution in [3.05, 3.63) is 60.2 Å². The SMILES string of the molecule is CCN(CC)c1ccc(C=Nc2cc3ccccc3cc2O)c(O)c1. The summed E-state index contributed by atoms with van der Waals surface area (Å²) in [5.41, 5.74) is 2.07. The first-order chi connectivity index (χ1) is 12.1. The Labute approximate surface area is 147 Å². The highest BCUT2D eigenvalue weighted by atomic mass is 16.3. The van der Waals surface area contributed by atoms with E-state index in [0.29, 0.717) is 11.3 Å². The second kappa shape index (κ2) is 7.26. The number of nitrogens with zero attached hydrogens (tertiary/aromatic N) is 2. The van der Waals surface area contributed by atoms with Gasteiger partial charge in [0.25, 0.3) is 0 Å². The Kier molecular flexibility index (Phi) is 4.89. The number of hydrogen-bond acceptors (Lipinski definition) is 4. The van der Waals surface area contributed by atoms with Gasteiger partial charge in [-0.1, -0.05) is 24.3 Å². The molecule has 0 unspecified atom stereocenters. The van der Waals surface area contributed by atoms with Gasteiger partial charge in [0.15, 0.2) is 0 Å². The fraction of sp³-hybridized carbons (Fsp3) is 0.190. The van der Waals surface area contributed by atoms with Gasteiger partial charge in [-0.05, 0) is 48.9 Å². The largest absolute Gasteiger partial charge is 0.507 e. The lowest BCUT2D eigenvalue weighted by Crippen LogP contribution is -2.21. The molecular formula is C21H22N2O2. The number of aliphatic imine (C=N–C) groups is 1. The van der Waals surface area contributed by atoms with Crippen molar-refractivity contribution in [3.63, 3.8) is 0 Å². The quantitative estimate of drug-likeness (QED) is 0.656. The summed E-state index contributed by atoms with van der Waals surface area (Å²) < 4.78 is 0. The minimum atomic E-state index is 0.120. The number of fused-ring (bicyclic) bond motifs is 1. The molecule has 0 amide bonds. The molecule has 25 heavy (non-hydrogen) atoms. The van der Waals surface area contributed by atoms with Crippen LogP contribution in [0.25, 0.3) is 10.8 Å².